The maximum Gasteiger partial charge on any atom is 0.328 e. The SMILES string of the molecule is CC(CN)CNC(=O)Cn1cc(Br)c(=O)[nH]c1=O.Cl. The van der Waals surface area contributed by atoms with Gasteiger partial charge in [0.15, 0.2) is 0 Å². The molecule has 0 spiro atoms. The van der Waals surface area contributed by atoms with Crippen LogP contribution in [-0.2, 0) is 11.3 Å². The van der Waals surface area contributed by atoms with Crippen LogP contribution >= 0.6 is 28.3 Å². The average molecular weight is 356 g/mol. The molecule has 0 saturated carbocycles. The van der Waals surface area contributed by atoms with Crippen LogP contribution in [0, 0.1) is 5.92 Å². The van der Waals surface area contributed by atoms with Crippen molar-refractivity contribution in [2.24, 2.45) is 11.7 Å². The molecule has 108 valence electrons. The Morgan fingerprint density at radius 2 is 2.21 bits per heavy atom. The van der Waals surface area contributed by atoms with Crippen molar-refractivity contribution in [3.05, 3.63) is 31.5 Å². The zero-order valence-electron chi connectivity index (χ0n) is 10.3. The van der Waals surface area contributed by atoms with Gasteiger partial charge in [-0.05, 0) is 28.4 Å². The topological polar surface area (TPSA) is 110 Å². The van der Waals surface area contributed by atoms with Crippen LogP contribution in [0.1, 0.15) is 6.92 Å². The number of H-pyrrole nitrogens is 1. The van der Waals surface area contributed by atoms with Crippen LogP contribution in [0.4, 0.5) is 0 Å². The Bertz CT molecular complexity index is 542. The van der Waals surface area contributed by atoms with Crippen molar-refractivity contribution in [2.45, 2.75) is 13.5 Å². The number of aromatic amines is 1. The van der Waals surface area contributed by atoms with Crippen LogP contribution in [0.5, 0.6) is 0 Å². The molecule has 0 aromatic carbocycles. The van der Waals surface area contributed by atoms with Gasteiger partial charge < -0.3 is 11.1 Å². The summed E-state index contributed by atoms with van der Waals surface area (Å²) in [5, 5.41) is 2.66. The number of rotatable bonds is 5. The van der Waals surface area contributed by atoms with E-state index in [1.165, 1.54) is 6.20 Å². The zero-order chi connectivity index (χ0) is 13.7. The Morgan fingerprint density at radius 3 is 2.79 bits per heavy atom. The van der Waals surface area contributed by atoms with Crippen LogP contribution in [0.3, 0.4) is 0 Å². The van der Waals surface area contributed by atoms with Crippen LogP contribution in [0.15, 0.2) is 20.3 Å². The second-order valence-electron chi connectivity index (χ2n) is 4.01. The fourth-order valence-electron chi connectivity index (χ4n) is 1.18. The predicted molar refractivity (Wildman–Crippen MR) is 77.5 cm³/mol. The van der Waals surface area contributed by atoms with E-state index in [0.717, 1.165) is 4.57 Å². The number of nitrogens with two attached hydrogens (primary N) is 1. The van der Waals surface area contributed by atoms with Crippen LogP contribution in [-0.4, -0.2) is 28.5 Å². The summed E-state index contributed by atoms with van der Waals surface area (Å²) < 4.78 is 1.32. The average Bonchev–Trinajstić information content (AvgIpc) is 2.33. The molecule has 1 unspecified atom stereocenters. The van der Waals surface area contributed by atoms with Crippen molar-refractivity contribution in [3.8, 4) is 0 Å². The first kappa shape index (κ1) is 17.9. The smallest absolute Gasteiger partial charge is 0.328 e. The molecule has 1 aromatic rings. The van der Waals surface area contributed by atoms with Gasteiger partial charge in [-0.25, -0.2) is 4.79 Å². The van der Waals surface area contributed by atoms with Crippen molar-refractivity contribution in [1.82, 2.24) is 14.9 Å². The molecule has 0 radical (unpaired) electrons. The molecule has 0 aliphatic heterocycles. The van der Waals surface area contributed by atoms with E-state index >= 15 is 0 Å². The predicted octanol–water partition coefficient (Wildman–Crippen LogP) is -0.568. The highest BCUT2D eigenvalue weighted by Crippen LogP contribution is 1.97. The number of carbonyl (C=O) groups excluding carboxylic acids is 1. The Hall–Kier alpha value is -1.12. The maximum atomic E-state index is 11.6. The quantitative estimate of drug-likeness (QED) is 0.657. The molecule has 1 heterocycles. The van der Waals surface area contributed by atoms with Crippen molar-refractivity contribution < 1.29 is 4.79 Å². The maximum absolute atomic E-state index is 11.6. The Balaban J connectivity index is 0.00000324. The fraction of sp³-hybridized carbons (Fsp3) is 0.500. The van der Waals surface area contributed by atoms with Gasteiger partial charge in [-0.3, -0.25) is 19.1 Å². The van der Waals surface area contributed by atoms with Gasteiger partial charge in [0.2, 0.25) is 5.91 Å². The third-order valence-corrected chi connectivity index (χ3v) is 2.90. The van der Waals surface area contributed by atoms with Crippen molar-refractivity contribution in [3.63, 3.8) is 0 Å². The number of hydrogen-bond donors (Lipinski definition) is 3. The van der Waals surface area contributed by atoms with Crippen molar-refractivity contribution in [2.75, 3.05) is 13.1 Å². The molecule has 1 amide bonds. The summed E-state index contributed by atoms with van der Waals surface area (Å²) >= 11 is 2.99. The number of hydrogen-bond acceptors (Lipinski definition) is 4. The van der Waals surface area contributed by atoms with Gasteiger partial charge in [0, 0.05) is 12.7 Å². The third-order valence-electron chi connectivity index (χ3n) is 2.33. The number of halogens is 2. The minimum atomic E-state index is -0.620. The van der Waals surface area contributed by atoms with Gasteiger partial charge in [0.05, 0.1) is 4.47 Å². The molecule has 4 N–H and O–H groups in total. The first-order chi connectivity index (χ1) is 8.43. The van der Waals surface area contributed by atoms with Gasteiger partial charge in [-0.1, -0.05) is 6.92 Å². The lowest BCUT2D eigenvalue weighted by Crippen LogP contribution is -2.38. The monoisotopic (exact) mass is 354 g/mol. The highest BCUT2D eigenvalue weighted by atomic mass is 79.9. The first-order valence-electron chi connectivity index (χ1n) is 5.40. The Morgan fingerprint density at radius 1 is 1.58 bits per heavy atom. The van der Waals surface area contributed by atoms with Crippen molar-refractivity contribution in [1.29, 1.82) is 0 Å². The summed E-state index contributed by atoms with van der Waals surface area (Å²) in [6.07, 6.45) is 1.28. The van der Waals surface area contributed by atoms with Gasteiger partial charge >= 0.3 is 5.69 Å². The van der Waals surface area contributed by atoms with E-state index in [9.17, 15) is 14.4 Å². The third kappa shape index (κ3) is 5.58. The number of amides is 1. The lowest BCUT2D eigenvalue weighted by Gasteiger charge is -2.10. The van der Waals surface area contributed by atoms with E-state index in [2.05, 4.69) is 26.2 Å². The standard InChI is InChI=1S/C10H15BrN4O3.ClH/c1-6(2-12)3-13-8(16)5-15-4-7(11)9(17)14-10(15)18;/h4,6H,2-3,5,12H2,1H3,(H,13,16)(H,14,17,18);1H. The molecule has 1 atom stereocenters. The van der Waals surface area contributed by atoms with E-state index in [4.69, 9.17) is 5.73 Å². The zero-order valence-corrected chi connectivity index (χ0v) is 12.7. The van der Waals surface area contributed by atoms with Crippen LogP contribution in [0.2, 0.25) is 0 Å². The van der Waals surface area contributed by atoms with Crippen molar-refractivity contribution >= 4 is 34.2 Å². The van der Waals surface area contributed by atoms with Gasteiger partial charge in [-0.2, -0.15) is 0 Å². The summed E-state index contributed by atoms with van der Waals surface area (Å²) in [6.45, 7) is 2.69. The lowest BCUT2D eigenvalue weighted by atomic mass is 10.2. The fourth-order valence-corrected chi connectivity index (χ4v) is 1.53. The number of nitrogens with one attached hydrogen (secondary N) is 2. The second kappa shape index (κ2) is 8.13. The summed E-state index contributed by atoms with van der Waals surface area (Å²) in [6, 6.07) is 0. The number of nitrogens with zero attached hydrogens (tertiary/aromatic N) is 1. The summed E-state index contributed by atoms with van der Waals surface area (Å²) in [4.78, 5) is 36.2. The van der Waals surface area contributed by atoms with E-state index < -0.39 is 11.2 Å². The van der Waals surface area contributed by atoms with Gasteiger partial charge in [-0.15, -0.1) is 12.4 Å². The number of aromatic nitrogens is 2. The Kier molecular flexibility index (Phi) is 7.65. The molecule has 0 bridgehead atoms. The molecule has 0 aliphatic rings. The molecule has 9 heteroatoms. The highest BCUT2D eigenvalue weighted by molar-refractivity contribution is 9.10. The minimum Gasteiger partial charge on any atom is -0.354 e. The normalized spacial score (nSPS) is 11.5. The van der Waals surface area contributed by atoms with Gasteiger partial charge in [0.1, 0.15) is 6.54 Å². The molecule has 0 fully saturated rings. The van der Waals surface area contributed by atoms with E-state index in [-0.39, 0.29) is 35.2 Å². The van der Waals surface area contributed by atoms with Gasteiger partial charge in [0.25, 0.3) is 5.56 Å². The molecule has 0 saturated heterocycles. The molecular weight excluding hydrogens is 339 g/mol. The van der Waals surface area contributed by atoms with E-state index in [1.54, 1.807) is 0 Å². The summed E-state index contributed by atoms with van der Waals surface area (Å²) in [5.41, 5.74) is 4.28. The molecule has 1 aromatic heterocycles. The first-order valence-corrected chi connectivity index (χ1v) is 6.19. The van der Waals surface area contributed by atoms with E-state index in [1.807, 2.05) is 6.92 Å². The molecule has 19 heavy (non-hydrogen) atoms. The van der Waals surface area contributed by atoms with Crippen LogP contribution in [0.25, 0.3) is 0 Å². The highest BCUT2D eigenvalue weighted by Gasteiger charge is 2.08. The largest absolute Gasteiger partial charge is 0.354 e. The summed E-state index contributed by atoms with van der Waals surface area (Å²) in [5.74, 6) is -0.135. The molecular formula is C10H16BrClN4O3. The lowest BCUT2D eigenvalue weighted by molar-refractivity contribution is -0.121. The molecule has 7 nitrogen and oxygen atoms in total. The molecule has 0 aliphatic carbocycles. The van der Waals surface area contributed by atoms with E-state index in [0.29, 0.717) is 13.1 Å². The Labute approximate surface area is 124 Å². The summed E-state index contributed by atoms with van der Waals surface area (Å²) in [7, 11) is 0. The second-order valence-corrected chi connectivity index (χ2v) is 4.86. The minimum absolute atomic E-state index is 0. The molecule has 1 rings (SSSR count). The van der Waals surface area contributed by atoms with Crippen LogP contribution < -0.4 is 22.3 Å². The number of carbonyl (C=O) groups is 1.